The number of hydrogen-bond donors (Lipinski definition) is 0. The van der Waals surface area contributed by atoms with Crippen LogP contribution < -0.4 is 4.74 Å². The van der Waals surface area contributed by atoms with Crippen molar-refractivity contribution < 1.29 is 4.74 Å². The molecule has 1 aromatic rings. The SMILES string of the molecule is COc1ccc(Br)cc1CC1(C#N)CCC1. The molecule has 0 aliphatic heterocycles. The number of ether oxygens (including phenoxy) is 1. The Hall–Kier alpha value is -1.01. The maximum atomic E-state index is 9.23. The molecule has 1 saturated carbocycles. The summed E-state index contributed by atoms with van der Waals surface area (Å²) in [5.41, 5.74) is 0.978. The highest BCUT2D eigenvalue weighted by molar-refractivity contribution is 9.10. The maximum Gasteiger partial charge on any atom is 0.122 e. The highest BCUT2D eigenvalue weighted by Gasteiger charge is 2.37. The van der Waals surface area contributed by atoms with Crippen molar-refractivity contribution in [3.63, 3.8) is 0 Å². The molecule has 0 aromatic heterocycles. The van der Waals surface area contributed by atoms with Gasteiger partial charge in [-0.25, -0.2) is 0 Å². The number of nitrogens with zero attached hydrogens (tertiary/aromatic N) is 1. The molecule has 2 nitrogen and oxygen atoms in total. The van der Waals surface area contributed by atoms with E-state index in [0.717, 1.165) is 35.0 Å². The van der Waals surface area contributed by atoms with Crippen molar-refractivity contribution in [1.29, 1.82) is 5.26 Å². The molecule has 3 heteroatoms. The predicted octanol–water partition coefficient (Wildman–Crippen LogP) is 3.69. The molecular formula is C13H14BrNO. The quantitative estimate of drug-likeness (QED) is 0.845. The molecule has 1 aliphatic carbocycles. The summed E-state index contributed by atoms with van der Waals surface area (Å²) in [4.78, 5) is 0. The van der Waals surface area contributed by atoms with Crippen LogP contribution in [-0.4, -0.2) is 7.11 Å². The first-order valence-electron chi connectivity index (χ1n) is 5.43. The zero-order chi connectivity index (χ0) is 11.6. The number of nitriles is 1. The summed E-state index contributed by atoms with van der Waals surface area (Å²) in [5, 5.41) is 9.23. The van der Waals surface area contributed by atoms with Crippen LogP contribution in [-0.2, 0) is 6.42 Å². The second-order valence-electron chi connectivity index (χ2n) is 4.38. The minimum Gasteiger partial charge on any atom is -0.496 e. The Morgan fingerprint density at radius 1 is 1.50 bits per heavy atom. The number of rotatable bonds is 3. The number of methoxy groups -OCH3 is 1. The molecule has 2 rings (SSSR count). The maximum absolute atomic E-state index is 9.23. The van der Waals surface area contributed by atoms with Crippen LogP contribution in [0.25, 0.3) is 0 Å². The lowest BCUT2D eigenvalue weighted by molar-refractivity contribution is 0.212. The van der Waals surface area contributed by atoms with Crippen LogP contribution in [0, 0.1) is 16.7 Å². The first kappa shape index (κ1) is 11.5. The molecule has 0 atom stereocenters. The van der Waals surface area contributed by atoms with Crippen molar-refractivity contribution in [2.24, 2.45) is 5.41 Å². The van der Waals surface area contributed by atoms with Gasteiger partial charge in [-0.2, -0.15) is 5.26 Å². The van der Waals surface area contributed by atoms with Gasteiger partial charge in [0.2, 0.25) is 0 Å². The lowest BCUT2D eigenvalue weighted by Crippen LogP contribution is -2.30. The van der Waals surface area contributed by atoms with Crippen molar-refractivity contribution in [2.45, 2.75) is 25.7 Å². The van der Waals surface area contributed by atoms with Crippen molar-refractivity contribution in [1.82, 2.24) is 0 Å². The second kappa shape index (κ2) is 4.47. The van der Waals surface area contributed by atoms with Gasteiger partial charge >= 0.3 is 0 Å². The third kappa shape index (κ3) is 2.08. The Bertz CT molecular complexity index is 432. The highest BCUT2D eigenvalue weighted by atomic mass is 79.9. The summed E-state index contributed by atoms with van der Waals surface area (Å²) in [5.74, 6) is 0.879. The molecule has 0 saturated heterocycles. The van der Waals surface area contributed by atoms with Crippen LogP contribution >= 0.6 is 15.9 Å². The Labute approximate surface area is 104 Å². The number of benzene rings is 1. The summed E-state index contributed by atoms with van der Waals surface area (Å²) < 4.78 is 6.37. The van der Waals surface area contributed by atoms with E-state index in [0.29, 0.717) is 0 Å². The average molecular weight is 280 g/mol. The summed E-state index contributed by atoms with van der Waals surface area (Å²) in [6, 6.07) is 8.42. The summed E-state index contributed by atoms with van der Waals surface area (Å²) in [7, 11) is 1.67. The van der Waals surface area contributed by atoms with Crippen molar-refractivity contribution in [3.05, 3.63) is 28.2 Å². The van der Waals surface area contributed by atoms with Crippen molar-refractivity contribution in [3.8, 4) is 11.8 Å². The van der Waals surface area contributed by atoms with Gasteiger partial charge < -0.3 is 4.74 Å². The highest BCUT2D eigenvalue weighted by Crippen LogP contribution is 2.44. The zero-order valence-electron chi connectivity index (χ0n) is 9.29. The van der Waals surface area contributed by atoms with Gasteiger partial charge in [-0.3, -0.25) is 0 Å². The van der Waals surface area contributed by atoms with Crippen LogP contribution in [0.2, 0.25) is 0 Å². The lowest BCUT2D eigenvalue weighted by atomic mass is 9.66. The van der Waals surface area contributed by atoms with E-state index in [9.17, 15) is 5.26 Å². The van der Waals surface area contributed by atoms with Crippen LogP contribution in [0.1, 0.15) is 24.8 Å². The molecular weight excluding hydrogens is 266 g/mol. The number of halogens is 1. The minimum atomic E-state index is -0.145. The summed E-state index contributed by atoms with van der Waals surface area (Å²) in [6.45, 7) is 0. The Morgan fingerprint density at radius 3 is 2.75 bits per heavy atom. The molecule has 0 unspecified atom stereocenters. The smallest absolute Gasteiger partial charge is 0.122 e. The van der Waals surface area contributed by atoms with Gasteiger partial charge in [-0.1, -0.05) is 22.4 Å². The third-order valence-corrected chi connectivity index (χ3v) is 3.81. The van der Waals surface area contributed by atoms with E-state index in [1.807, 2.05) is 12.1 Å². The summed E-state index contributed by atoms with van der Waals surface area (Å²) >= 11 is 3.46. The fourth-order valence-corrected chi connectivity index (χ4v) is 2.59. The Kier molecular flexibility index (Phi) is 3.20. The monoisotopic (exact) mass is 279 g/mol. The van der Waals surface area contributed by atoms with Crippen LogP contribution in [0.4, 0.5) is 0 Å². The lowest BCUT2D eigenvalue weighted by Gasteiger charge is -2.35. The molecule has 0 amide bonds. The predicted molar refractivity (Wildman–Crippen MR) is 66.3 cm³/mol. The topological polar surface area (TPSA) is 33.0 Å². The zero-order valence-corrected chi connectivity index (χ0v) is 10.9. The van der Waals surface area contributed by atoms with Gasteiger partial charge in [0, 0.05) is 4.47 Å². The molecule has 0 spiro atoms. The molecule has 84 valence electrons. The first-order chi connectivity index (χ1) is 7.69. The normalized spacial score (nSPS) is 17.3. The van der Waals surface area contributed by atoms with Gasteiger partial charge in [0.15, 0.2) is 0 Å². The van der Waals surface area contributed by atoms with E-state index in [2.05, 4.69) is 28.1 Å². The van der Waals surface area contributed by atoms with Gasteiger partial charge in [0.25, 0.3) is 0 Å². The van der Waals surface area contributed by atoms with Crippen LogP contribution in [0.3, 0.4) is 0 Å². The minimum absolute atomic E-state index is 0.145. The van der Waals surface area contributed by atoms with Gasteiger partial charge in [-0.15, -0.1) is 0 Å². The first-order valence-corrected chi connectivity index (χ1v) is 6.22. The molecule has 16 heavy (non-hydrogen) atoms. The van der Waals surface area contributed by atoms with E-state index < -0.39 is 0 Å². The molecule has 0 radical (unpaired) electrons. The molecule has 1 fully saturated rings. The fraction of sp³-hybridized carbons (Fsp3) is 0.462. The third-order valence-electron chi connectivity index (χ3n) is 3.32. The van der Waals surface area contributed by atoms with Gasteiger partial charge in [-0.05, 0) is 43.0 Å². The van der Waals surface area contributed by atoms with E-state index in [1.165, 1.54) is 6.42 Å². The standard InChI is InChI=1S/C13H14BrNO/c1-16-12-4-3-11(14)7-10(12)8-13(9-15)5-2-6-13/h3-4,7H,2,5-6,8H2,1H3. The van der Waals surface area contributed by atoms with Crippen LogP contribution in [0.5, 0.6) is 5.75 Å². The average Bonchev–Trinajstić information content (AvgIpc) is 2.24. The van der Waals surface area contributed by atoms with E-state index in [-0.39, 0.29) is 5.41 Å². The Balaban J connectivity index is 2.26. The molecule has 1 aliphatic rings. The summed E-state index contributed by atoms with van der Waals surface area (Å²) in [6.07, 6.45) is 3.99. The fourth-order valence-electron chi connectivity index (χ4n) is 2.18. The molecule has 0 heterocycles. The Morgan fingerprint density at radius 2 is 2.25 bits per heavy atom. The van der Waals surface area contributed by atoms with Gasteiger partial charge in [0.05, 0.1) is 18.6 Å². The molecule has 0 bridgehead atoms. The molecule has 1 aromatic carbocycles. The molecule has 0 N–H and O–H groups in total. The van der Waals surface area contributed by atoms with Gasteiger partial charge in [0.1, 0.15) is 5.75 Å². The number of hydrogen-bond acceptors (Lipinski definition) is 2. The van der Waals surface area contributed by atoms with Crippen LogP contribution in [0.15, 0.2) is 22.7 Å². The van der Waals surface area contributed by atoms with Crippen molar-refractivity contribution in [2.75, 3.05) is 7.11 Å². The van der Waals surface area contributed by atoms with E-state index >= 15 is 0 Å². The van der Waals surface area contributed by atoms with Crippen molar-refractivity contribution >= 4 is 15.9 Å². The van der Waals surface area contributed by atoms with E-state index in [4.69, 9.17) is 4.74 Å². The second-order valence-corrected chi connectivity index (χ2v) is 5.29. The van der Waals surface area contributed by atoms with E-state index in [1.54, 1.807) is 7.11 Å². The largest absolute Gasteiger partial charge is 0.496 e.